The molecule has 2 aliphatic rings. The third-order valence-electron chi connectivity index (χ3n) is 5.79. The van der Waals surface area contributed by atoms with Crippen LogP contribution in [-0.4, -0.2) is 51.9 Å². The summed E-state index contributed by atoms with van der Waals surface area (Å²) in [6, 6.07) is 5.08. The Morgan fingerprint density at radius 3 is 2.65 bits per heavy atom. The lowest BCUT2D eigenvalue weighted by molar-refractivity contribution is 0.0720. The SMILES string of the molecule is Cc1cc(CN(C[C@H]2[C@@H]3CN(C)C[C@@H]32)C(=O)c2cn(C)cn2)ccc1F. The molecule has 1 aliphatic heterocycles. The Hall–Kier alpha value is -2.21. The van der Waals surface area contributed by atoms with Gasteiger partial charge in [-0.15, -0.1) is 0 Å². The fraction of sp³-hybridized carbons (Fsp3) is 0.500. The molecule has 0 unspecified atom stereocenters. The summed E-state index contributed by atoms with van der Waals surface area (Å²) in [5, 5.41) is 0. The van der Waals surface area contributed by atoms with Gasteiger partial charge in [-0.1, -0.05) is 12.1 Å². The van der Waals surface area contributed by atoms with Gasteiger partial charge in [0.2, 0.25) is 0 Å². The smallest absolute Gasteiger partial charge is 0.274 e. The zero-order chi connectivity index (χ0) is 18.4. The van der Waals surface area contributed by atoms with Crippen molar-refractivity contribution in [3.63, 3.8) is 0 Å². The van der Waals surface area contributed by atoms with Crippen molar-refractivity contribution in [1.29, 1.82) is 0 Å². The number of piperidine rings is 1. The van der Waals surface area contributed by atoms with Gasteiger partial charge >= 0.3 is 0 Å². The van der Waals surface area contributed by atoms with Crippen LogP contribution in [0.4, 0.5) is 4.39 Å². The maximum Gasteiger partial charge on any atom is 0.274 e. The zero-order valence-electron chi connectivity index (χ0n) is 15.5. The highest BCUT2D eigenvalue weighted by Gasteiger charge is 2.55. The molecule has 1 aromatic carbocycles. The number of aromatic nitrogens is 2. The molecule has 4 rings (SSSR count). The van der Waals surface area contributed by atoms with Crippen LogP contribution in [0.25, 0.3) is 0 Å². The van der Waals surface area contributed by atoms with Gasteiger partial charge in [0.1, 0.15) is 11.5 Å². The molecule has 0 N–H and O–H groups in total. The van der Waals surface area contributed by atoms with E-state index in [2.05, 4.69) is 16.9 Å². The molecule has 1 aliphatic carbocycles. The predicted octanol–water partition coefficient (Wildman–Crippen LogP) is 2.32. The molecule has 138 valence electrons. The summed E-state index contributed by atoms with van der Waals surface area (Å²) in [6.07, 6.45) is 3.40. The lowest BCUT2D eigenvalue weighted by Crippen LogP contribution is -2.34. The fourth-order valence-electron chi connectivity index (χ4n) is 4.32. The predicted molar refractivity (Wildman–Crippen MR) is 97.1 cm³/mol. The first-order valence-electron chi connectivity index (χ1n) is 9.13. The number of fused-ring (bicyclic) bond motifs is 1. The highest BCUT2D eigenvalue weighted by molar-refractivity contribution is 5.92. The number of likely N-dealkylation sites (tertiary alicyclic amines) is 1. The second-order valence-electron chi connectivity index (χ2n) is 7.91. The van der Waals surface area contributed by atoms with Gasteiger partial charge in [0.25, 0.3) is 5.91 Å². The van der Waals surface area contributed by atoms with E-state index in [-0.39, 0.29) is 11.7 Å². The Morgan fingerprint density at radius 1 is 1.31 bits per heavy atom. The number of nitrogens with zero attached hydrogens (tertiary/aromatic N) is 4. The summed E-state index contributed by atoms with van der Waals surface area (Å²) >= 11 is 0. The van der Waals surface area contributed by atoms with E-state index >= 15 is 0 Å². The van der Waals surface area contributed by atoms with Gasteiger partial charge < -0.3 is 14.4 Å². The van der Waals surface area contributed by atoms with Gasteiger partial charge in [-0.25, -0.2) is 9.37 Å². The van der Waals surface area contributed by atoms with Gasteiger partial charge in [-0.3, -0.25) is 4.79 Å². The number of halogens is 1. The molecule has 3 atom stereocenters. The van der Waals surface area contributed by atoms with E-state index in [9.17, 15) is 9.18 Å². The molecular weight excluding hydrogens is 331 g/mol. The number of hydrogen-bond acceptors (Lipinski definition) is 3. The maximum absolute atomic E-state index is 13.6. The molecule has 6 heteroatoms. The average molecular weight is 356 g/mol. The zero-order valence-corrected chi connectivity index (χ0v) is 15.5. The van der Waals surface area contributed by atoms with E-state index in [1.54, 1.807) is 30.1 Å². The molecular formula is C20H25FN4O. The number of rotatable bonds is 5. The van der Waals surface area contributed by atoms with Crippen molar-refractivity contribution >= 4 is 5.91 Å². The number of amides is 1. The Labute approximate surface area is 153 Å². The highest BCUT2D eigenvalue weighted by atomic mass is 19.1. The third-order valence-corrected chi connectivity index (χ3v) is 5.79. The minimum absolute atomic E-state index is 0.0501. The Balaban J connectivity index is 1.52. The van der Waals surface area contributed by atoms with E-state index in [1.165, 1.54) is 6.07 Å². The fourth-order valence-corrected chi connectivity index (χ4v) is 4.32. The largest absolute Gasteiger partial charge is 0.340 e. The van der Waals surface area contributed by atoms with Crippen LogP contribution in [0.2, 0.25) is 0 Å². The molecule has 0 bridgehead atoms. The van der Waals surface area contributed by atoms with Gasteiger partial charge in [0, 0.05) is 39.4 Å². The summed E-state index contributed by atoms with van der Waals surface area (Å²) < 4.78 is 15.4. The maximum atomic E-state index is 13.6. The summed E-state index contributed by atoms with van der Waals surface area (Å²) in [4.78, 5) is 21.5. The summed E-state index contributed by atoms with van der Waals surface area (Å²) in [7, 11) is 4.01. The normalized spacial score (nSPS) is 24.5. The average Bonchev–Trinajstić information content (AvgIpc) is 2.94. The number of benzene rings is 1. The number of carbonyl (C=O) groups excluding carboxylic acids is 1. The van der Waals surface area contributed by atoms with E-state index in [4.69, 9.17) is 0 Å². The van der Waals surface area contributed by atoms with Crippen molar-refractivity contribution in [3.05, 3.63) is 53.4 Å². The summed E-state index contributed by atoms with van der Waals surface area (Å²) in [5.74, 6) is 1.71. The Kier molecular flexibility index (Phi) is 4.31. The van der Waals surface area contributed by atoms with Crippen LogP contribution in [0.3, 0.4) is 0 Å². The summed E-state index contributed by atoms with van der Waals surface area (Å²) in [5.41, 5.74) is 2.03. The molecule has 0 spiro atoms. The van der Waals surface area contributed by atoms with Crippen molar-refractivity contribution in [2.45, 2.75) is 13.5 Å². The first-order valence-corrected chi connectivity index (χ1v) is 9.13. The topological polar surface area (TPSA) is 41.4 Å². The molecule has 2 heterocycles. The third kappa shape index (κ3) is 3.26. The molecule has 2 aromatic rings. The van der Waals surface area contributed by atoms with Gasteiger partial charge in [-0.05, 0) is 48.9 Å². The molecule has 0 radical (unpaired) electrons. The molecule has 5 nitrogen and oxygen atoms in total. The van der Waals surface area contributed by atoms with Crippen LogP contribution in [0, 0.1) is 30.5 Å². The van der Waals surface area contributed by atoms with Gasteiger partial charge in [-0.2, -0.15) is 0 Å². The lowest BCUT2D eigenvalue weighted by atomic mass is 10.1. The highest BCUT2D eigenvalue weighted by Crippen LogP contribution is 2.51. The lowest BCUT2D eigenvalue weighted by Gasteiger charge is -2.24. The molecule has 26 heavy (non-hydrogen) atoms. The minimum Gasteiger partial charge on any atom is -0.340 e. The van der Waals surface area contributed by atoms with Crippen molar-refractivity contribution in [2.75, 3.05) is 26.7 Å². The number of imidazole rings is 1. The van der Waals surface area contributed by atoms with Crippen LogP contribution in [0.5, 0.6) is 0 Å². The van der Waals surface area contributed by atoms with Crippen LogP contribution in [0.15, 0.2) is 30.7 Å². The second kappa shape index (κ2) is 6.50. The first kappa shape index (κ1) is 17.2. The van der Waals surface area contributed by atoms with E-state index in [0.29, 0.717) is 35.6 Å². The van der Waals surface area contributed by atoms with Crippen LogP contribution < -0.4 is 0 Å². The van der Waals surface area contributed by atoms with Crippen LogP contribution >= 0.6 is 0 Å². The van der Waals surface area contributed by atoms with Crippen molar-refractivity contribution in [1.82, 2.24) is 19.4 Å². The van der Waals surface area contributed by atoms with Crippen LogP contribution in [0.1, 0.15) is 21.6 Å². The van der Waals surface area contributed by atoms with Gasteiger partial charge in [0.05, 0.1) is 6.33 Å². The molecule has 1 saturated heterocycles. The quantitative estimate of drug-likeness (QED) is 0.826. The van der Waals surface area contributed by atoms with Gasteiger partial charge in [0.15, 0.2) is 0 Å². The monoisotopic (exact) mass is 356 g/mol. The number of aryl methyl sites for hydroxylation is 2. The minimum atomic E-state index is -0.212. The van der Waals surface area contributed by atoms with E-state index in [1.807, 2.05) is 18.0 Å². The molecule has 1 saturated carbocycles. The van der Waals surface area contributed by atoms with Crippen molar-refractivity contribution < 1.29 is 9.18 Å². The van der Waals surface area contributed by atoms with E-state index in [0.717, 1.165) is 25.2 Å². The molecule has 1 amide bonds. The number of hydrogen-bond donors (Lipinski definition) is 0. The second-order valence-corrected chi connectivity index (χ2v) is 7.91. The first-order chi connectivity index (χ1) is 12.4. The van der Waals surface area contributed by atoms with Crippen LogP contribution in [-0.2, 0) is 13.6 Å². The van der Waals surface area contributed by atoms with Crippen molar-refractivity contribution in [2.24, 2.45) is 24.8 Å². The van der Waals surface area contributed by atoms with Crippen molar-refractivity contribution in [3.8, 4) is 0 Å². The summed E-state index contributed by atoms with van der Waals surface area (Å²) in [6.45, 7) is 5.23. The molecule has 1 aromatic heterocycles. The Bertz CT molecular complexity index is 821. The van der Waals surface area contributed by atoms with E-state index < -0.39 is 0 Å². The number of carbonyl (C=O) groups is 1. The molecule has 2 fully saturated rings. The standard InChI is InChI=1S/C20H25FN4O/c1-13-6-14(4-5-18(13)21)7-25(20(26)19-11-24(3)12-22-19)10-17-15-8-23(2)9-16(15)17/h4-6,11-12,15-17H,7-10H2,1-3H3/t15-,16+,17+. The Morgan fingerprint density at radius 2 is 2.04 bits per heavy atom.